The van der Waals surface area contributed by atoms with Crippen LogP contribution in [0.3, 0.4) is 0 Å². The Kier molecular flexibility index (Phi) is 2.13. The predicted octanol–water partition coefficient (Wildman–Crippen LogP) is 3.32. The van der Waals surface area contributed by atoms with Crippen LogP contribution in [0.2, 0.25) is 0 Å². The highest BCUT2D eigenvalue weighted by Crippen LogP contribution is 2.33. The molecule has 0 aliphatic carbocycles. The van der Waals surface area contributed by atoms with Gasteiger partial charge in [-0.25, -0.2) is 4.39 Å². The molecule has 79 valence electrons. The Morgan fingerprint density at radius 3 is 2.75 bits per heavy atom. The first-order valence-electron chi connectivity index (χ1n) is 5.37. The second-order valence-electron chi connectivity index (χ2n) is 3.91. The third kappa shape index (κ3) is 1.47. The molecule has 0 spiro atoms. The first kappa shape index (κ1) is 9.40. The number of anilines is 2. The first-order chi connectivity index (χ1) is 7.84. The van der Waals surface area contributed by atoms with Crippen molar-refractivity contribution in [3.63, 3.8) is 0 Å². The summed E-state index contributed by atoms with van der Waals surface area (Å²) in [6.45, 7) is 0.946. The lowest BCUT2D eigenvalue weighted by atomic mass is 10.2. The summed E-state index contributed by atoms with van der Waals surface area (Å²) in [5.41, 5.74) is 3.47. The molecule has 0 saturated heterocycles. The summed E-state index contributed by atoms with van der Waals surface area (Å²) in [4.78, 5) is 2.20. The van der Waals surface area contributed by atoms with Crippen molar-refractivity contribution in [2.24, 2.45) is 0 Å². The molecular formula is C14H11FN. The molecule has 1 aliphatic heterocycles. The Balaban J connectivity index is 2.01. The van der Waals surface area contributed by atoms with Gasteiger partial charge in [0, 0.05) is 17.9 Å². The lowest BCUT2D eigenvalue weighted by Gasteiger charge is -2.19. The van der Waals surface area contributed by atoms with E-state index in [-0.39, 0.29) is 5.82 Å². The van der Waals surface area contributed by atoms with E-state index in [0.29, 0.717) is 0 Å². The lowest BCUT2D eigenvalue weighted by molar-refractivity contribution is 0.628. The van der Waals surface area contributed by atoms with Crippen molar-refractivity contribution >= 4 is 11.4 Å². The van der Waals surface area contributed by atoms with Gasteiger partial charge < -0.3 is 4.90 Å². The summed E-state index contributed by atoms with van der Waals surface area (Å²) in [6.07, 6.45) is 1.01. The molecule has 1 heterocycles. The summed E-state index contributed by atoms with van der Waals surface area (Å²) >= 11 is 0. The average molecular weight is 212 g/mol. The second kappa shape index (κ2) is 3.63. The fraction of sp³-hybridized carbons (Fsp3) is 0.143. The van der Waals surface area contributed by atoms with Crippen molar-refractivity contribution in [1.29, 1.82) is 0 Å². The Labute approximate surface area is 94.1 Å². The lowest BCUT2D eigenvalue weighted by Crippen LogP contribution is -2.12. The first-order valence-corrected chi connectivity index (χ1v) is 5.37. The molecule has 1 radical (unpaired) electrons. The number of fused-ring (bicyclic) bond motifs is 1. The van der Waals surface area contributed by atoms with E-state index in [0.717, 1.165) is 18.7 Å². The number of nitrogens with zero attached hydrogens (tertiary/aromatic N) is 1. The minimum atomic E-state index is -0.192. The number of benzene rings is 2. The van der Waals surface area contributed by atoms with E-state index in [1.54, 1.807) is 0 Å². The smallest absolute Gasteiger partial charge is 0.123 e. The van der Waals surface area contributed by atoms with Crippen molar-refractivity contribution in [2.45, 2.75) is 6.42 Å². The molecule has 2 heteroatoms. The molecule has 16 heavy (non-hydrogen) atoms. The van der Waals surface area contributed by atoms with E-state index in [2.05, 4.69) is 17.0 Å². The van der Waals surface area contributed by atoms with Gasteiger partial charge in [-0.2, -0.15) is 0 Å². The molecule has 1 nitrogen and oxygen atoms in total. The minimum absolute atomic E-state index is 0.192. The third-order valence-electron chi connectivity index (χ3n) is 2.93. The summed E-state index contributed by atoms with van der Waals surface area (Å²) in [7, 11) is 0. The van der Waals surface area contributed by atoms with E-state index in [1.807, 2.05) is 24.3 Å². The Hall–Kier alpha value is -1.83. The second-order valence-corrected chi connectivity index (χ2v) is 3.91. The van der Waals surface area contributed by atoms with Crippen molar-refractivity contribution < 1.29 is 4.39 Å². The molecule has 2 aromatic carbocycles. The molecule has 3 rings (SSSR count). The maximum atomic E-state index is 12.8. The van der Waals surface area contributed by atoms with E-state index in [9.17, 15) is 4.39 Å². The SMILES string of the molecule is Fc1ccc(N2CCc3[c]cccc32)cc1. The van der Waals surface area contributed by atoms with Crippen LogP contribution in [0, 0.1) is 11.9 Å². The molecule has 0 aromatic heterocycles. The molecule has 0 fully saturated rings. The summed E-state index contributed by atoms with van der Waals surface area (Å²) in [5, 5.41) is 0. The van der Waals surface area contributed by atoms with Crippen LogP contribution >= 0.6 is 0 Å². The molecule has 0 atom stereocenters. The van der Waals surface area contributed by atoms with Crippen LogP contribution in [0.1, 0.15) is 5.56 Å². The summed E-state index contributed by atoms with van der Waals surface area (Å²) in [6, 6.07) is 15.9. The number of hydrogen-bond donors (Lipinski definition) is 0. The van der Waals surface area contributed by atoms with Gasteiger partial charge in [-0.3, -0.25) is 0 Å². The van der Waals surface area contributed by atoms with Crippen LogP contribution in [-0.2, 0) is 6.42 Å². The highest BCUT2D eigenvalue weighted by molar-refractivity contribution is 5.69. The van der Waals surface area contributed by atoms with Gasteiger partial charge in [0.05, 0.1) is 0 Å². The van der Waals surface area contributed by atoms with Gasteiger partial charge in [-0.05, 0) is 48.4 Å². The predicted molar refractivity (Wildman–Crippen MR) is 62.4 cm³/mol. The molecular weight excluding hydrogens is 201 g/mol. The quantitative estimate of drug-likeness (QED) is 0.701. The standard InChI is InChI=1S/C14H11FN/c15-12-5-7-13(8-6-12)16-10-9-11-3-1-2-4-14(11)16/h1-2,4-8H,9-10H2. The van der Waals surface area contributed by atoms with Crippen LogP contribution in [-0.4, -0.2) is 6.54 Å². The maximum Gasteiger partial charge on any atom is 0.123 e. The van der Waals surface area contributed by atoms with E-state index in [1.165, 1.54) is 23.4 Å². The molecule has 1 aliphatic rings. The van der Waals surface area contributed by atoms with Crippen molar-refractivity contribution in [3.8, 4) is 0 Å². The third-order valence-corrected chi connectivity index (χ3v) is 2.93. The van der Waals surface area contributed by atoms with E-state index in [4.69, 9.17) is 0 Å². The van der Waals surface area contributed by atoms with E-state index < -0.39 is 0 Å². The molecule has 0 amide bonds. The summed E-state index contributed by atoms with van der Waals surface area (Å²) < 4.78 is 12.8. The largest absolute Gasteiger partial charge is 0.341 e. The molecule has 2 aromatic rings. The van der Waals surface area contributed by atoms with Gasteiger partial charge in [0.2, 0.25) is 0 Å². The topological polar surface area (TPSA) is 3.24 Å². The van der Waals surface area contributed by atoms with Crippen LogP contribution in [0.25, 0.3) is 0 Å². The summed E-state index contributed by atoms with van der Waals surface area (Å²) in [5.74, 6) is -0.192. The van der Waals surface area contributed by atoms with E-state index >= 15 is 0 Å². The van der Waals surface area contributed by atoms with Crippen LogP contribution in [0.4, 0.5) is 15.8 Å². The number of hydrogen-bond acceptors (Lipinski definition) is 1. The minimum Gasteiger partial charge on any atom is -0.341 e. The number of halogens is 1. The Morgan fingerprint density at radius 1 is 1.12 bits per heavy atom. The molecule has 0 N–H and O–H groups in total. The molecule has 0 bridgehead atoms. The van der Waals surface area contributed by atoms with Crippen molar-refractivity contribution in [1.82, 2.24) is 0 Å². The van der Waals surface area contributed by atoms with Gasteiger partial charge in [0.25, 0.3) is 0 Å². The maximum absolute atomic E-state index is 12.8. The fourth-order valence-electron chi connectivity index (χ4n) is 2.15. The highest BCUT2D eigenvalue weighted by Gasteiger charge is 2.19. The van der Waals surface area contributed by atoms with Gasteiger partial charge in [0.1, 0.15) is 5.82 Å². The molecule has 0 saturated carbocycles. The Morgan fingerprint density at radius 2 is 1.94 bits per heavy atom. The van der Waals surface area contributed by atoms with Gasteiger partial charge in [0.15, 0.2) is 0 Å². The highest BCUT2D eigenvalue weighted by atomic mass is 19.1. The van der Waals surface area contributed by atoms with Gasteiger partial charge in [-0.15, -0.1) is 0 Å². The van der Waals surface area contributed by atoms with Crippen molar-refractivity contribution in [3.05, 3.63) is 59.9 Å². The van der Waals surface area contributed by atoms with Gasteiger partial charge >= 0.3 is 0 Å². The fourth-order valence-corrected chi connectivity index (χ4v) is 2.15. The van der Waals surface area contributed by atoms with Crippen LogP contribution < -0.4 is 4.90 Å². The normalized spacial score (nSPS) is 13.9. The zero-order valence-corrected chi connectivity index (χ0v) is 8.78. The average Bonchev–Trinajstić information content (AvgIpc) is 2.74. The zero-order chi connectivity index (χ0) is 11.0. The Bertz CT molecular complexity index is 504. The molecule has 0 unspecified atom stereocenters. The monoisotopic (exact) mass is 212 g/mol. The van der Waals surface area contributed by atoms with Gasteiger partial charge in [-0.1, -0.05) is 12.1 Å². The van der Waals surface area contributed by atoms with Crippen molar-refractivity contribution in [2.75, 3.05) is 11.4 Å². The van der Waals surface area contributed by atoms with Crippen LogP contribution in [0.15, 0.2) is 42.5 Å². The number of rotatable bonds is 1. The van der Waals surface area contributed by atoms with Crippen LogP contribution in [0.5, 0.6) is 0 Å². The zero-order valence-electron chi connectivity index (χ0n) is 8.78.